The lowest BCUT2D eigenvalue weighted by Gasteiger charge is -2.28. The molecule has 1 amide bonds. The number of rotatable bonds is 5. The van der Waals surface area contributed by atoms with Crippen molar-refractivity contribution in [3.05, 3.63) is 36.0 Å². The highest BCUT2D eigenvalue weighted by molar-refractivity contribution is 5.84. The van der Waals surface area contributed by atoms with E-state index in [1.54, 1.807) is 0 Å². The first-order valence-electron chi connectivity index (χ1n) is 9.05. The molecule has 3 nitrogen and oxygen atoms in total. The van der Waals surface area contributed by atoms with E-state index in [-0.39, 0.29) is 5.91 Å². The van der Waals surface area contributed by atoms with Crippen LogP contribution in [0.3, 0.4) is 0 Å². The Morgan fingerprint density at radius 2 is 2.17 bits per heavy atom. The summed E-state index contributed by atoms with van der Waals surface area (Å²) in [5.74, 6) is 2.72. The van der Waals surface area contributed by atoms with Crippen molar-refractivity contribution in [3.63, 3.8) is 0 Å². The second kappa shape index (κ2) is 6.03. The van der Waals surface area contributed by atoms with E-state index in [0.717, 1.165) is 23.8 Å². The van der Waals surface area contributed by atoms with Crippen LogP contribution in [0.2, 0.25) is 0 Å². The lowest BCUT2D eigenvalue weighted by molar-refractivity contribution is -0.122. The predicted molar refractivity (Wildman–Crippen MR) is 93.2 cm³/mol. The van der Waals surface area contributed by atoms with Gasteiger partial charge in [-0.05, 0) is 62.0 Å². The van der Waals surface area contributed by atoms with Crippen LogP contribution in [0.1, 0.15) is 44.6 Å². The summed E-state index contributed by atoms with van der Waals surface area (Å²) in [5.41, 5.74) is 2.39. The SMILES string of the molecule is C[C@H](NC(=O)CCc1c[nH]c2ccccc12)[C@@H]1C[C@@H]2CC[C@@H]1C2. The summed E-state index contributed by atoms with van der Waals surface area (Å²) < 4.78 is 0. The van der Waals surface area contributed by atoms with Gasteiger partial charge in [-0.2, -0.15) is 0 Å². The molecule has 2 saturated carbocycles. The molecule has 2 N–H and O–H groups in total. The second-order valence-electron chi connectivity index (χ2n) is 7.55. The number of hydrogen-bond donors (Lipinski definition) is 2. The van der Waals surface area contributed by atoms with Crippen LogP contribution < -0.4 is 5.32 Å². The fourth-order valence-electron chi connectivity index (χ4n) is 4.93. The van der Waals surface area contributed by atoms with Gasteiger partial charge in [-0.1, -0.05) is 24.6 Å². The minimum Gasteiger partial charge on any atom is -0.361 e. The van der Waals surface area contributed by atoms with Crippen molar-refractivity contribution in [1.82, 2.24) is 10.3 Å². The van der Waals surface area contributed by atoms with E-state index in [1.807, 2.05) is 12.3 Å². The standard InChI is InChI=1S/C20H26N2O/c1-13(18-11-14-6-7-15(18)10-14)22-20(23)9-8-16-12-21-19-5-3-2-4-17(16)19/h2-5,12-15,18,21H,6-11H2,1H3,(H,22,23)/t13-,14+,15+,18-/m0/s1. The van der Waals surface area contributed by atoms with Gasteiger partial charge in [0.15, 0.2) is 0 Å². The Hall–Kier alpha value is -1.77. The second-order valence-corrected chi connectivity index (χ2v) is 7.55. The van der Waals surface area contributed by atoms with Crippen LogP contribution in [0.15, 0.2) is 30.5 Å². The van der Waals surface area contributed by atoms with Crippen LogP contribution in [-0.2, 0) is 11.2 Å². The Balaban J connectivity index is 1.32. The van der Waals surface area contributed by atoms with Crippen molar-refractivity contribution in [2.75, 3.05) is 0 Å². The molecule has 1 heterocycles. The average Bonchev–Trinajstić information content (AvgIpc) is 3.28. The molecule has 3 heteroatoms. The Morgan fingerprint density at radius 1 is 1.30 bits per heavy atom. The van der Waals surface area contributed by atoms with Crippen LogP contribution in [0.25, 0.3) is 10.9 Å². The molecule has 0 unspecified atom stereocenters. The van der Waals surface area contributed by atoms with Crippen molar-refractivity contribution in [2.24, 2.45) is 17.8 Å². The number of hydrogen-bond acceptors (Lipinski definition) is 1. The molecular formula is C20H26N2O. The highest BCUT2D eigenvalue weighted by Gasteiger charge is 2.42. The third-order valence-corrected chi connectivity index (χ3v) is 6.12. The molecule has 1 aromatic heterocycles. The van der Waals surface area contributed by atoms with Crippen LogP contribution in [0, 0.1) is 17.8 Å². The number of carbonyl (C=O) groups excluding carboxylic acids is 1. The van der Waals surface area contributed by atoms with Crippen molar-refractivity contribution >= 4 is 16.8 Å². The van der Waals surface area contributed by atoms with E-state index in [2.05, 4.69) is 35.4 Å². The Labute approximate surface area is 137 Å². The van der Waals surface area contributed by atoms with Gasteiger partial charge >= 0.3 is 0 Å². The number of aryl methyl sites for hydroxylation is 1. The van der Waals surface area contributed by atoms with E-state index in [9.17, 15) is 4.79 Å². The van der Waals surface area contributed by atoms with Gasteiger partial charge in [-0.3, -0.25) is 4.79 Å². The smallest absolute Gasteiger partial charge is 0.220 e. The molecule has 2 bridgehead atoms. The van der Waals surface area contributed by atoms with Crippen LogP contribution >= 0.6 is 0 Å². The molecule has 23 heavy (non-hydrogen) atoms. The van der Waals surface area contributed by atoms with Crippen molar-refractivity contribution < 1.29 is 4.79 Å². The van der Waals surface area contributed by atoms with Gasteiger partial charge in [-0.15, -0.1) is 0 Å². The molecule has 4 rings (SSSR count). The highest BCUT2D eigenvalue weighted by Crippen LogP contribution is 2.49. The summed E-state index contributed by atoms with van der Waals surface area (Å²) in [6.07, 6.45) is 8.95. The number of fused-ring (bicyclic) bond motifs is 3. The third-order valence-electron chi connectivity index (χ3n) is 6.12. The predicted octanol–water partition coefficient (Wildman–Crippen LogP) is 4.04. The maximum absolute atomic E-state index is 12.3. The van der Waals surface area contributed by atoms with Crippen molar-refractivity contribution in [1.29, 1.82) is 0 Å². The summed E-state index contributed by atoms with van der Waals surface area (Å²) in [5, 5.41) is 4.51. The average molecular weight is 310 g/mol. The molecule has 1 aromatic carbocycles. The monoisotopic (exact) mass is 310 g/mol. The van der Waals surface area contributed by atoms with Crippen molar-refractivity contribution in [3.8, 4) is 0 Å². The van der Waals surface area contributed by atoms with E-state index >= 15 is 0 Å². The lowest BCUT2D eigenvalue weighted by atomic mass is 9.84. The minimum atomic E-state index is 0.200. The van der Waals surface area contributed by atoms with Gasteiger partial charge in [0.25, 0.3) is 0 Å². The number of aromatic nitrogens is 1. The molecule has 2 aliphatic rings. The fraction of sp³-hybridized carbons (Fsp3) is 0.550. The topological polar surface area (TPSA) is 44.9 Å². The quantitative estimate of drug-likeness (QED) is 0.860. The zero-order valence-electron chi connectivity index (χ0n) is 13.8. The number of para-hydroxylation sites is 1. The van der Waals surface area contributed by atoms with Gasteiger partial charge in [0.1, 0.15) is 0 Å². The van der Waals surface area contributed by atoms with Crippen LogP contribution in [0.4, 0.5) is 0 Å². The molecule has 2 fully saturated rings. The summed E-state index contributed by atoms with van der Waals surface area (Å²) in [7, 11) is 0. The van der Waals surface area contributed by atoms with E-state index in [4.69, 9.17) is 0 Å². The normalized spacial score (nSPS) is 27.4. The summed E-state index contributed by atoms with van der Waals surface area (Å²) in [6.45, 7) is 2.20. The van der Waals surface area contributed by atoms with Crippen molar-refractivity contribution in [2.45, 2.75) is 51.5 Å². The molecule has 4 atom stereocenters. The molecule has 122 valence electrons. The summed E-state index contributed by atoms with van der Waals surface area (Å²) >= 11 is 0. The zero-order valence-corrected chi connectivity index (χ0v) is 13.8. The highest BCUT2D eigenvalue weighted by atomic mass is 16.1. The van der Waals surface area contributed by atoms with Gasteiger partial charge in [0.2, 0.25) is 5.91 Å². The van der Waals surface area contributed by atoms with E-state index in [0.29, 0.717) is 18.4 Å². The summed E-state index contributed by atoms with van der Waals surface area (Å²) in [4.78, 5) is 15.6. The molecule has 2 aromatic rings. The van der Waals surface area contributed by atoms with Gasteiger partial charge < -0.3 is 10.3 Å². The fourth-order valence-corrected chi connectivity index (χ4v) is 4.93. The number of H-pyrrole nitrogens is 1. The molecular weight excluding hydrogens is 284 g/mol. The minimum absolute atomic E-state index is 0.200. The first kappa shape index (κ1) is 14.8. The number of aromatic amines is 1. The van der Waals surface area contributed by atoms with E-state index < -0.39 is 0 Å². The number of benzene rings is 1. The Morgan fingerprint density at radius 3 is 2.96 bits per heavy atom. The van der Waals surface area contributed by atoms with Crippen LogP contribution in [0.5, 0.6) is 0 Å². The number of nitrogens with one attached hydrogen (secondary N) is 2. The first-order valence-corrected chi connectivity index (χ1v) is 9.05. The molecule has 0 radical (unpaired) electrons. The third kappa shape index (κ3) is 2.89. The molecule has 2 aliphatic carbocycles. The number of carbonyl (C=O) groups is 1. The first-order chi connectivity index (χ1) is 11.2. The number of amides is 1. The zero-order chi connectivity index (χ0) is 15.8. The van der Waals surface area contributed by atoms with Gasteiger partial charge in [0.05, 0.1) is 0 Å². The van der Waals surface area contributed by atoms with E-state index in [1.165, 1.54) is 36.6 Å². The lowest BCUT2D eigenvalue weighted by Crippen LogP contribution is -2.40. The Bertz CT molecular complexity index is 704. The molecule has 0 saturated heterocycles. The Kier molecular flexibility index (Phi) is 3.88. The maximum atomic E-state index is 12.3. The maximum Gasteiger partial charge on any atom is 0.220 e. The molecule has 0 spiro atoms. The largest absolute Gasteiger partial charge is 0.361 e. The molecule has 0 aliphatic heterocycles. The van der Waals surface area contributed by atoms with Crippen LogP contribution in [-0.4, -0.2) is 16.9 Å². The van der Waals surface area contributed by atoms with Gasteiger partial charge in [-0.25, -0.2) is 0 Å². The van der Waals surface area contributed by atoms with Gasteiger partial charge in [0, 0.05) is 29.6 Å². The summed E-state index contributed by atoms with van der Waals surface area (Å²) in [6, 6.07) is 8.62.